The number of non-ortho nitro benzene ring substituents is 1. The molecule has 0 aliphatic rings. The number of nitrogens with zero attached hydrogens (tertiary/aromatic N) is 1. The monoisotopic (exact) mass is 386 g/mol. The van der Waals surface area contributed by atoms with E-state index >= 15 is 0 Å². The van der Waals surface area contributed by atoms with Crippen LogP contribution in [0.25, 0.3) is 0 Å². The maximum absolute atomic E-state index is 12.4. The summed E-state index contributed by atoms with van der Waals surface area (Å²) in [6, 6.07) is 10.9. The minimum atomic E-state index is -3.91. The average molecular weight is 386 g/mol. The summed E-state index contributed by atoms with van der Waals surface area (Å²) in [6.45, 7) is 0. The molecular weight excluding hydrogens is 372 g/mol. The summed E-state index contributed by atoms with van der Waals surface area (Å²) in [4.78, 5) is 20.9. The van der Waals surface area contributed by atoms with E-state index in [0.29, 0.717) is 5.56 Å². The summed E-state index contributed by atoms with van der Waals surface area (Å²) in [5, 5.41) is 10.7. The van der Waals surface area contributed by atoms with E-state index in [1.165, 1.54) is 19.3 Å². The molecule has 9 heteroatoms. The Morgan fingerprint density at radius 1 is 1.22 bits per heavy atom. The molecule has 0 bridgehead atoms. The van der Waals surface area contributed by atoms with Crippen molar-refractivity contribution in [1.29, 1.82) is 0 Å². The second-order valence-corrected chi connectivity index (χ2v) is 6.75. The zero-order valence-corrected chi connectivity index (χ0v) is 14.9. The van der Waals surface area contributed by atoms with Crippen LogP contribution in [0.2, 0.25) is 0 Å². The Labute approximate surface area is 155 Å². The zero-order valence-electron chi connectivity index (χ0n) is 14.1. The summed E-state index contributed by atoms with van der Waals surface area (Å²) in [5.41, 5.74) is 0.594. The van der Waals surface area contributed by atoms with Crippen molar-refractivity contribution in [2.45, 2.75) is 4.90 Å². The third-order valence-corrected chi connectivity index (χ3v) is 4.59. The second-order valence-electron chi connectivity index (χ2n) is 5.06. The van der Waals surface area contributed by atoms with Gasteiger partial charge in [0, 0.05) is 23.8 Å². The van der Waals surface area contributed by atoms with Gasteiger partial charge >= 0.3 is 5.97 Å². The molecule has 0 atom stereocenters. The lowest BCUT2D eigenvalue weighted by atomic mass is 10.2. The standard InChI is InChI=1S/C18H14N2O6S/c1-26-18(21)8-3-2-5-14-6-4-7-15(13-14)19-27(24,25)17-11-9-16(10-12-17)20(22)23/h3-4,6-13,19H,1H3/b8-3+. The first-order chi connectivity index (χ1) is 12.8. The molecule has 27 heavy (non-hydrogen) atoms. The van der Waals surface area contributed by atoms with Crippen molar-refractivity contribution in [1.82, 2.24) is 0 Å². The topological polar surface area (TPSA) is 116 Å². The van der Waals surface area contributed by atoms with Gasteiger partial charge in [-0.15, -0.1) is 0 Å². The van der Waals surface area contributed by atoms with Crippen molar-refractivity contribution < 1.29 is 22.9 Å². The highest BCUT2D eigenvalue weighted by atomic mass is 32.2. The summed E-state index contributed by atoms with van der Waals surface area (Å²) >= 11 is 0. The number of rotatable bonds is 5. The highest BCUT2D eigenvalue weighted by molar-refractivity contribution is 7.92. The van der Waals surface area contributed by atoms with Crippen LogP contribution in [-0.2, 0) is 19.6 Å². The number of hydrogen-bond donors (Lipinski definition) is 1. The van der Waals surface area contributed by atoms with E-state index in [0.717, 1.165) is 30.3 Å². The number of methoxy groups -OCH3 is 1. The van der Waals surface area contributed by atoms with Crippen LogP contribution in [0.4, 0.5) is 11.4 Å². The lowest BCUT2D eigenvalue weighted by Gasteiger charge is -2.08. The van der Waals surface area contributed by atoms with Gasteiger partial charge < -0.3 is 4.74 Å². The van der Waals surface area contributed by atoms with Gasteiger partial charge in [-0.2, -0.15) is 0 Å². The Bertz CT molecular complexity index is 1050. The predicted molar refractivity (Wildman–Crippen MR) is 98.4 cm³/mol. The number of benzene rings is 2. The fourth-order valence-corrected chi connectivity index (χ4v) is 2.97. The Balaban J connectivity index is 2.17. The Kier molecular flexibility index (Phi) is 6.30. The fourth-order valence-electron chi connectivity index (χ4n) is 1.92. The quantitative estimate of drug-likeness (QED) is 0.277. The van der Waals surface area contributed by atoms with Gasteiger partial charge in [0.15, 0.2) is 0 Å². The van der Waals surface area contributed by atoms with E-state index in [9.17, 15) is 23.3 Å². The van der Waals surface area contributed by atoms with Crippen LogP contribution < -0.4 is 4.72 Å². The molecule has 1 N–H and O–H groups in total. The van der Waals surface area contributed by atoms with Crippen LogP contribution in [0.5, 0.6) is 0 Å². The maximum Gasteiger partial charge on any atom is 0.331 e. The minimum absolute atomic E-state index is 0.106. The van der Waals surface area contributed by atoms with E-state index in [2.05, 4.69) is 21.3 Å². The Morgan fingerprint density at radius 2 is 1.93 bits per heavy atom. The summed E-state index contributed by atoms with van der Waals surface area (Å²) < 4.78 is 31.6. The largest absolute Gasteiger partial charge is 0.466 e. The maximum atomic E-state index is 12.4. The van der Waals surface area contributed by atoms with E-state index in [-0.39, 0.29) is 16.3 Å². The van der Waals surface area contributed by atoms with Gasteiger partial charge in [0.1, 0.15) is 0 Å². The molecule has 0 aliphatic carbocycles. The number of nitro benzene ring substituents is 1. The number of sulfonamides is 1. The molecule has 0 saturated carbocycles. The van der Waals surface area contributed by atoms with Crippen molar-refractivity contribution >= 4 is 27.4 Å². The molecule has 2 aromatic rings. The van der Waals surface area contributed by atoms with Crippen LogP contribution in [0.15, 0.2) is 65.6 Å². The number of anilines is 1. The smallest absolute Gasteiger partial charge is 0.331 e. The SMILES string of the molecule is COC(=O)/C=C/C#Cc1cccc(NS(=O)(=O)c2ccc([N+](=O)[O-])cc2)c1. The number of carbonyl (C=O) groups is 1. The lowest BCUT2D eigenvalue weighted by Crippen LogP contribution is -2.13. The van der Waals surface area contributed by atoms with Crippen LogP contribution in [0.1, 0.15) is 5.56 Å². The van der Waals surface area contributed by atoms with Gasteiger partial charge in [-0.05, 0) is 36.4 Å². The third kappa shape index (κ3) is 5.69. The first kappa shape index (κ1) is 19.7. The van der Waals surface area contributed by atoms with E-state index in [1.807, 2.05) is 0 Å². The van der Waals surface area contributed by atoms with Crippen molar-refractivity contribution in [3.05, 3.63) is 76.4 Å². The number of allylic oxidation sites excluding steroid dienone is 1. The second kappa shape index (κ2) is 8.64. The molecule has 0 radical (unpaired) electrons. The van der Waals surface area contributed by atoms with Crippen LogP contribution in [0, 0.1) is 22.0 Å². The van der Waals surface area contributed by atoms with Gasteiger partial charge in [-0.3, -0.25) is 14.8 Å². The number of carbonyl (C=O) groups excluding carboxylic acids is 1. The highest BCUT2D eigenvalue weighted by Gasteiger charge is 2.16. The van der Waals surface area contributed by atoms with Gasteiger partial charge in [-0.1, -0.05) is 17.9 Å². The molecule has 2 rings (SSSR count). The number of nitro groups is 1. The molecule has 0 spiro atoms. The number of esters is 1. The lowest BCUT2D eigenvalue weighted by molar-refractivity contribution is -0.384. The normalized spacial score (nSPS) is 10.7. The summed E-state index contributed by atoms with van der Waals surface area (Å²) in [7, 11) is -2.66. The molecule has 0 unspecified atom stereocenters. The third-order valence-electron chi connectivity index (χ3n) is 3.19. The van der Waals surface area contributed by atoms with Crippen LogP contribution >= 0.6 is 0 Å². The molecule has 0 aromatic heterocycles. The molecular formula is C18H14N2O6S. The summed E-state index contributed by atoms with van der Waals surface area (Å²) in [6.07, 6.45) is 2.48. The zero-order chi connectivity index (χ0) is 19.9. The minimum Gasteiger partial charge on any atom is -0.466 e. The van der Waals surface area contributed by atoms with Crippen molar-refractivity contribution in [3.8, 4) is 11.8 Å². The number of ether oxygens (including phenoxy) is 1. The molecule has 0 heterocycles. The predicted octanol–water partition coefficient (Wildman–Crippen LogP) is 2.48. The molecule has 8 nitrogen and oxygen atoms in total. The molecule has 0 saturated heterocycles. The van der Waals surface area contributed by atoms with Crippen molar-refractivity contribution in [3.63, 3.8) is 0 Å². The van der Waals surface area contributed by atoms with E-state index in [4.69, 9.17) is 0 Å². The fraction of sp³-hybridized carbons (Fsp3) is 0.0556. The van der Waals surface area contributed by atoms with Gasteiger partial charge in [0.05, 0.1) is 22.6 Å². The van der Waals surface area contributed by atoms with Crippen LogP contribution in [-0.4, -0.2) is 26.4 Å². The molecule has 0 fully saturated rings. The first-order valence-corrected chi connectivity index (χ1v) is 8.93. The van der Waals surface area contributed by atoms with Gasteiger partial charge in [0.2, 0.25) is 0 Å². The molecule has 0 amide bonds. The Morgan fingerprint density at radius 3 is 2.56 bits per heavy atom. The van der Waals surface area contributed by atoms with Crippen LogP contribution in [0.3, 0.4) is 0 Å². The van der Waals surface area contributed by atoms with Gasteiger partial charge in [-0.25, -0.2) is 13.2 Å². The first-order valence-electron chi connectivity index (χ1n) is 7.45. The molecule has 0 aliphatic heterocycles. The van der Waals surface area contributed by atoms with Gasteiger partial charge in [0.25, 0.3) is 15.7 Å². The average Bonchev–Trinajstić information content (AvgIpc) is 2.65. The van der Waals surface area contributed by atoms with Crippen molar-refractivity contribution in [2.75, 3.05) is 11.8 Å². The number of nitrogens with one attached hydrogen (secondary N) is 1. The number of hydrogen-bond acceptors (Lipinski definition) is 6. The Hall–Kier alpha value is -3.64. The summed E-state index contributed by atoms with van der Waals surface area (Å²) in [5.74, 6) is 4.86. The van der Waals surface area contributed by atoms with E-state index in [1.54, 1.807) is 18.2 Å². The molecule has 138 valence electrons. The van der Waals surface area contributed by atoms with Crippen molar-refractivity contribution in [2.24, 2.45) is 0 Å². The molecule has 2 aromatic carbocycles. The van der Waals surface area contributed by atoms with E-state index < -0.39 is 20.9 Å². The highest BCUT2D eigenvalue weighted by Crippen LogP contribution is 2.19.